The van der Waals surface area contributed by atoms with Crippen LogP contribution in [0.5, 0.6) is 0 Å². The zero-order chi connectivity index (χ0) is 12.6. The highest BCUT2D eigenvalue weighted by Gasteiger charge is 2.13. The summed E-state index contributed by atoms with van der Waals surface area (Å²) in [4.78, 5) is 6.79. The molecule has 0 atom stereocenters. The van der Waals surface area contributed by atoms with Gasteiger partial charge in [-0.05, 0) is 12.8 Å². The molecule has 0 amide bonds. The van der Waals surface area contributed by atoms with E-state index in [1.54, 1.807) is 0 Å². The van der Waals surface area contributed by atoms with Crippen LogP contribution < -0.4 is 11.1 Å². The van der Waals surface area contributed by atoms with Crippen LogP contribution in [0.3, 0.4) is 0 Å². The maximum Gasteiger partial charge on any atom is 0.188 e. The van der Waals surface area contributed by atoms with Crippen LogP contribution in [0.4, 0.5) is 0 Å². The van der Waals surface area contributed by atoms with Crippen molar-refractivity contribution in [3.8, 4) is 0 Å². The van der Waals surface area contributed by atoms with Gasteiger partial charge < -0.3 is 15.8 Å². The number of morpholine rings is 1. The molecule has 2 fully saturated rings. The number of nitrogens with zero attached hydrogens (tertiary/aromatic N) is 2. The Morgan fingerprint density at radius 3 is 2.58 bits per heavy atom. The minimum Gasteiger partial charge on any atom is -0.379 e. The van der Waals surface area contributed by atoms with Crippen LogP contribution in [0, 0.1) is 0 Å². The molecule has 1 saturated carbocycles. The third-order valence-corrected chi connectivity index (χ3v) is 3.76. The first-order chi connectivity index (χ1) is 8.84. The van der Waals surface area contributed by atoms with Crippen LogP contribution in [0.1, 0.15) is 32.1 Å². The summed E-state index contributed by atoms with van der Waals surface area (Å²) in [7, 11) is 0. The van der Waals surface area contributed by atoms with Crippen LogP contribution in [-0.2, 0) is 4.74 Å². The lowest BCUT2D eigenvalue weighted by Gasteiger charge is -2.26. The molecule has 6 heteroatoms. The number of hydrogen-bond donors (Lipinski definition) is 2. The van der Waals surface area contributed by atoms with Gasteiger partial charge in [0.05, 0.1) is 19.8 Å². The average Bonchev–Trinajstić information content (AvgIpc) is 2.41. The van der Waals surface area contributed by atoms with Gasteiger partial charge >= 0.3 is 0 Å². The number of nitrogens with two attached hydrogens (primary N) is 1. The fourth-order valence-corrected chi connectivity index (χ4v) is 2.64. The summed E-state index contributed by atoms with van der Waals surface area (Å²) < 4.78 is 5.31. The predicted octanol–water partition coefficient (Wildman–Crippen LogP) is 1.17. The lowest BCUT2D eigenvalue weighted by atomic mass is 9.96. The lowest BCUT2D eigenvalue weighted by Crippen LogP contribution is -2.42. The monoisotopic (exact) mass is 382 g/mol. The molecule has 0 aromatic carbocycles. The first-order valence-corrected chi connectivity index (χ1v) is 7.21. The summed E-state index contributed by atoms with van der Waals surface area (Å²) in [6.07, 6.45) is 6.48. The van der Waals surface area contributed by atoms with E-state index in [9.17, 15) is 0 Å². The van der Waals surface area contributed by atoms with Crippen molar-refractivity contribution in [3.63, 3.8) is 0 Å². The van der Waals surface area contributed by atoms with E-state index in [4.69, 9.17) is 10.5 Å². The molecule has 112 valence electrons. The minimum absolute atomic E-state index is 0. The quantitative estimate of drug-likeness (QED) is 0.436. The van der Waals surface area contributed by atoms with Crippen LogP contribution in [0.25, 0.3) is 0 Å². The highest BCUT2D eigenvalue weighted by Crippen LogP contribution is 2.16. The molecule has 2 rings (SSSR count). The summed E-state index contributed by atoms with van der Waals surface area (Å²) in [5.74, 6) is 0.621. The molecular weight excluding hydrogens is 355 g/mol. The van der Waals surface area contributed by atoms with Gasteiger partial charge in [-0.25, -0.2) is 0 Å². The van der Waals surface area contributed by atoms with E-state index in [1.165, 1.54) is 32.1 Å². The van der Waals surface area contributed by atoms with E-state index < -0.39 is 0 Å². The predicted molar refractivity (Wildman–Crippen MR) is 89.2 cm³/mol. The largest absolute Gasteiger partial charge is 0.379 e. The standard InChI is InChI=1S/C13H26N4O.HI/c14-13(16-12-4-2-1-3-5-12)15-6-7-17-8-10-18-11-9-17;/h12H,1-11H2,(H3,14,15,16);1H. The number of guanidine groups is 1. The maximum atomic E-state index is 5.92. The summed E-state index contributed by atoms with van der Waals surface area (Å²) >= 11 is 0. The summed E-state index contributed by atoms with van der Waals surface area (Å²) in [5.41, 5.74) is 5.92. The van der Waals surface area contributed by atoms with Gasteiger partial charge in [-0.2, -0.15) is 0 Å². The van der Waals surface area contributed by atoms with Crippen LogP contribution in [0.2, 0.25) is 0 Å². The molecule has 19 heavy (non-hydrogen) atoms. The van der Waals surface area contributed by atoms with Gasteiger partial charge in [0.15, 0.2) is 5.96 Å². The molecule has 5 nitrogen and oxygen atoms in total. The van der Waals surface area contributed by atoms with E-state index in [0.29, 0.717) is 12.0 Å². The summed E-state index contributed by atoms with van der Waals surface area (Å²) in [5, 5.41) is 3.34. The van der Waals surface area contributed by atoms with E-state index in [-0.39, 0.29) is 24.0 Å². The Kier molecular flexibility index (Phi) is 8.72. The first kappa shape index (κ1) is 17.0. The molecule has 3 N–H and O–H groups in total. The lowest BCUT2D eigenvalue weighted by molar-refractivity contribution is 0.0394. The SMILES string of the molecule is I.NC(=NCCN1CCOCC1)NC1CCCCC1. The van der Waals surface area contributed by atoms with Crippen molar-refractivity contribution < 1.29 is 4.74 Å². The fraction of sp³-hybridized carbons (Fsp3) is 0.923. The van der Waals surface area contributed by atoms with Crippen molar-refractivity contribution in [3.05, 3.63) is 0 Å². The summed E-state index contributed by atoms with van der Waals surface area (Å²) in [6, 6.07) is 0.547. The molecule has 0 bridgehead atoms. The number of aliphatic imine (C=N–C) groups is 1. The van der Waals surface area contributed by atoms with Crippen molar-refractivity contribution in [1.29, 1.82) is 0 Å². The van der Waals surface area contributed by atoms with Crippen molar-refractivity contribution >= 4 is 29.9 Å². The molecule has 1 aliphatic heterocycles. The van der Waals surface area contributed by atoms with Crippen LogP contribution >= 0.6 is 24.0 Å². The number of hydrogen-bond acceptors (Lipinski definition) is 3. The maximum absolute atomic E-state index is 5.92. The minimum atomic E-state index is 0. The highest BCUT2D eigenvalue weighted by molar-refractivity contribution is 14.0. The second kappa shape index (κ2) is 9.77. The molecule has 0 aromatic rings. The molecule has 2 aliphatic rings. The van der Waals surface area contributed by atoms with Crippen molar-refractivity contribution in [1.82, 2.24) is 10.2 Å². The molecule has 1 heterocycles. The Balaban J connectivity index is 0.00000180. The molecular formula is C13H27IN4O. The van der Waals surface area contributed by atoms with E-state index >= 15 is 0 Å². The van der Waals surface area contributed by atoms with Crippen molar-refractivity contribution in [2.45, 2.75) is 38.1 Å². The van der Waals surface area contributed by atoms with E-state index in [2.05, 4.69) is 15.2 Å². The second-order valence-corrected chi connectivity index (χ2v) is 5.20. The molecule has 1 aliphatic carbocycles. The van der Waals surface area contributed by atoms with E-state index in [0.717, 1.165) is 39.4 Å². The van der Waals surface area contributed by atoms with Crippen LogP contribution in [0.15, 0.2) is 4.99 Å². The Hall–Kier alpha value is -0.0800. The van der Waals surface area contributed by atoms with Gasteiger partial charge in [0.25, 0.3) is 0 Å². The number of nitrogens with one attached hydrogen (secondary N) is 1. The normalized spacial score (nSPS) is 22.8. The molecule has 0 aromatic heterocycles. The van der Waals surface area contributed by atoms with E-state index in [1.807, 2.05) is 0 Å². The van der Waals surface area contributed by atoms with Gasteiger partial charge in [0, 0.05) is 25.7 Å². The topological polar surface area (TPSA) is 62.9 Å². The Morgan fingerprint density at radius 1 is 1.21 bits per heavy atom. The Labute approximate surface area is 133 Å². The van der Waals surface area contributed by atoms with Crippen molar-refractivity contribution in [2.24, 2.45) is 10.7 Å². The number of rotatable bonds is 4. The first-order valence-electron chi connectivity index (χ1n) is 7.21. The number of halogens is 1. The second-order valence-electron chi connectivity index (χ2n) is 5.20. The van der Waals surface area contributed by atoms with Gasteiger partial charge in [0.2, 0.25) is 0 Å². The summed E-state index contributed by atoms with van der Waals surface area (Å²) in [6.45, 7) is 5.50. The highest BCUT2D eigenvalue weighted by atomic mass is 127. The molecule has 0 unspecified atom stereocenters. The zero-order valence-corrected chi connectivity index (χ0v) is 14.0. The third-order valence-electron chi connectivity index (χ3n) is 3.76. The fourth-order valence-electron chi connectivity index (χ4n) is 2.64. The molecule has 0 spiro atoms. The Bertz CT molecular complexity index is 263. The van der Waals surface area contributed by atoms with Gasteiger partial charge in [-0.1, -0.05) is 19.3 Å². The van der Waals surface area contributed by atoms with Gasteiger partial charge in [-0.15, -0.1) is 24.0 Å². The Morgan fingerprint density at radius 2 is 1.89 bits per heavy atom. The average molecular weight is 382 g/mol. The smallest absolute Gasteiger partial charge is 0.188 e. The van der Waals surface area contributed by atoms with Crippen molar-refractivity contribution in [2.75, 3.05) is 39.4 Å². The van der Waals surface area contributed by atoms with Crippen LogP contribution in [-0.4, -0.2) is 56.3 Å². The molecule has 0 radical (unpaired) electrons. The van der Waals surface area contributed by atoms with Gasteiger partial charge in [0.1, 0.15) is 0 Å². The molecule has 1 saturated heterocycles. The zero-order valence-electron chi connectivity index (χ0n) is 11.6. The van der Waals surface area contributed by atoms with Gasteiger partial charge in [-0.3, -0.25) is 9.89 Å². The third kappa shape index (κ3) is 6.76. The number of ether oxygens (including phenoxy) is 1.